The molecule has 0 atom stereocenters. The molecule has 0 fully saturated rings. The third-order valence-corrected chi connectivity index (χ3v) is 5.17. The highest BCUT2D eigenvalue weighted by molar-refractivity contribution is 7.21. The van der Waals surface area contributed by atoms with E-state index in [9.17, 15) is 14.0 Å². The number of ketones is 1. The van der Waals surface area contributed by atoms with Gasteiger partial charge in [-0.25, -0.2) is 9.18 Å². The van der Waals surface area contributed by atoms with Crippen molar-refractivity contribution in [2.75, 3.05) is 6.61 Å². The van der Waals surface area contributed by atoms with E-state index in [2.05, 4.69) is 0 Å². The summed E-state index contributed by atoms with van der Waals surface area (Å²) in [7, 11) is 0. The van der Waals surface area contributed by atoms with Crippen molar-refractivity contribution in [3.8, 4) is 0 Å². The Morgan fingerprint density at radius 2 is 1.79 bits per heavy atom. The van der Waals surface area contributed by atoms with Crippen LogP contribution in [-0.2, 0) is 4.74 Å². The van der Waals surface area contributed by atoms with Crippen molar-refractivity contribution in [1.29, 1.82) is 0 Å². The van der Waals surface area contributed by atoms with Gasteiger partial charge in [-0.3, -0.25) is 4.79 Å². The molecule has 0 N–H and O–H groups in total. The number of benzene rings is 2. The van der Waals surface area contributed by atoms with Gasteiger partial charge < -0.3 is 4.74 Å². The first-order chi connectivity index (χ1) is 11.5. The Morgan fingerprint density at radius 3 is 2.50 bits per heavy atom. The van der Waals surface area contributed by atoms with E-state index in [0.29, 0.717) is 20.7 Å². The van der Waals surface area contributed by atoms with Crippen molar-refractivity contribution in [1.82, 2.24) is 0 Å². The van der Waals surface area contributed by atoms with Crippen molar-refractivity contribution >= 4 is 56.4 Å². The molecular formula is C17H9Cl2FO3S. The summed E-state index contributed by atoms with van der Waals surface area (Å²) in [6, 6.07) is 10.3. The van der Waals surface area contributed by atoms with Crippen LogP contribution in [0.4, 0.5) is 4.39 Å². The highest BCUT2D eigenvalue weighted by atomic mass is 35.5. The molecule has 122 valence electrons. The number of fused-ring (bicyclic) bond motifs is 1. The van der Waals surface area contributed by atoms with Gasteiger partial charge in [0.05, 0.1) is 5.02 Å². The maximum atomic E-state index is 13.2. The molecule has 3 nitrogen and oxygen atoms in total. The van der Waals surface area contributed by atoms with Crippen LogP contribution in [-0.4, -0.2) is 18.4 Å². The second kappa shape index (κ2) is 6.89. The molecule has 2 aromatic carbocycles. The third kappa shape index (κ3) is 3.43. The number of rotatable bonds is 4. The predicted octanol–water partition coefficient (Wildman–Crippen LogP) is 5.39. The molecule has 0 aliphatic heterocycles. The summed E-state index contributed by atoms with van der Waals surface area (Å²) in [4.78, 5) is 24.3. The standard InChI is InChI=1S/C17H9Cl2FO3S/c18-10-3-1-9(2-4-10)13(21)8-23-17(22)16-15(19)12-6-5-11(20)7-14(12)24-16/h1-7H,8H2. The van der Waals surface area contributed by atoms with Gasteiger partial charge in [-0.2, -0.15) is 0 Å². The summed E-state index contributed by atoms with van der Waals surface area (Å²) >= 11 is 12.9. The highest BCUT2D eigenvalue weighted by Gasteiger charge is 2.20. The fourth-order valence-electron chi connectivity index (χ4n) is 2.09. The van der Waals surface area contributed by atoms with Crippen LogP contribution in [0.3, 0.4) is 0 Å². The quantitative estimate of drug-likeness (QED) is 0.448. The first kappa shape index (κ1) is 16.9. The maximum Gasteiger partial charge on any atom is 0.350 e. The summed E-state index contributed by atoms with van der Waals surface area (Å²) in [6.07, 6.45) is 0. The Balaban J connectivity index is 1.74. The molecule has 0 amide bonds. The van der Waals surface area contributed by atoms with E-state index in [-0.39, 0.29) is 15.7 Å². The van der Waals surface area contributed by atoms with Gasteiger partial charge in [-0.05, 0) is 42.5 Å². The third-order valence-electron chi connectivity index (χ3n) is 3.28. The van der Waals surface area contributed by atoms with Crippen LogP contribution < -0.4 is 0 Å². The molecule has 0 bridgehead atoms. The normalized spacial score (nSPS) is 10.8. The molecule has 0 spiro atoms. The number of hydrogen-bond donors (Lipinski definition) is 0. The van der Waals surface area contributed by atoms with Crippen LogP contribution >= 0.6 is 34.5 Å². The van der Waals surface area contributed by atoms with Gasteiger partial charge in [0.1, 0.15) is 10.7 Å². The number of hydrogen-bond acceptors (Lipinski definition) is 4. The summed E-state index contributed by atoms with van der Waals surface area (Å²) in [6.45, 7) is -0.417. The van der Waals surface area contributed by atoms with Gasteiger partial charge in [0.15, 0.2) is 12.4 Å². The average molecular weight is 383 g/mol. The molecule has 0 unspecified atom stereocenters. The van der Waals surface area contributed by atoms with E-state index < -0.39 is 18.4 Å². The van der Waals surface area contributed by atoms with E-state index in [1.165, 1.54) is 18.2 Å². The fraction of sp³-hybridized carbons (Fsp3) is 0.0588. The Hall–Kier alpha value is -1.95. The van der Waals surface area contributed by atoms with Crippen molar-refractivity contribution < 1.29 is 18.7 Å². The minimum absolute atomic E-state index is 0.140. The number of carbonyl (C=O) groups is 2. The molecule has 7 heteroatoms. The smallest absolute Gasteiger partial charge is 0.350 e. The van der Waals surface area contributed by atoms with E-state index in [1.54, 1.807) is 24.3 Å². The summed E-state index contributed by atoms with van der Waals surface area (Å²) in [5.41, 5.74) is 0.386. The van der Waals surface area contributed by atoms with Crippen LogP contribution in [0.5, 0.6) is 0 Å². The van der Waals surface area contributed by atoms with Crippen molar-refractivity contribution in [3.63, 3.8) is 0 Å². The molecule has 0 aliphatic rings. The molecule has 0 radical (unpaired) electrons. The van der Waals surface area contributed by atoms with Crippen molar-refractivity contribution in [2.45, 2.75) is 0 Å². The lowest BCUT2D eigenvalue weighted by atomic mass is 10.1. The van der Waals surface area contributed by atoms with Crippen LogP contribution in [0.2, 0.25) is 10.0 Å². The number of ether oxygens (including phenoxy) is 1. The molecule has 24 heavy (non-hydrogen) atoms. The van der Waals surface area contributed by atoms with E-state index >= 15 is 0 Å². The second-order valence-electron chi connectivity index (χ2n) is 4.89. The number of Topliss-reactive ketones (excluding diaryl/α,β-unsaturated/α-hetero) is 1. The number of esters is 1. The van der Waals surface area contributed by atoms with Crippen molar-refractivity contribution in [3.05, 3.63) is 68.8 Å². The Bertz CT molecular complexity index is 935. The lowest BCUT2D eigenvalue weighted by Gasteiger charge is -2.03. The van der Waals surface area contributed by atoms with Gasteiger partial charge in [0.25, 0.3) is 0 Å². The minimum Gasteiger partial charge on any atom is -0.453 e. The molecule has 3 rings (SSSR count). The van der Waals surface area contributed by atoms with E-state index in [0.717, 1.165) is 11.3 Å². The van der Waals surface area contributed by atoms with Crippen molar-refractivity contribution in [2.24, 2.45) is 0 Å². The summed E-state index contributed by atoms with van der Waals surface area (Å²) in [5.74, 6) is -1.49. The number of thiophene rings is 1. The number of carbonyl (C=O) groups excluding carboxylic acids is 2. The molecular weight excluding hydrogens is 374 g/mol. The minimum atomic E-state index is -0.719. The zero-order valence-corrected chi connectivity index (χ0v) is 14.3. The zero-order valence-electron chi connectivity index (χ0n) is 12.0. The topological polar surface area (TPSA) is 43.4 Å². The van der Waals surface area contributed by atoms with Gasteiger partial charge in [0, 0.05) is 20.7 Å². The lowest BCUT2D eigenvalue weighted by Crippen LogP contribution is -2.13. The largest absolute Gasteiger partial charge is 0.453 e. The summed E-state index contributed by atoms with van der Waals surface area (Å²) in [5, 5.41) is 1.27. The van der Waals surface area contributed by atoms with Crippen LogP contribution in [0.15, 0.2) is 42.5 Å². The monoisotopic (exact) mass is 382 g/mol. The average Bonchev–Trinajstić information content (AvgIpc) is 2.89. The first-order valence-corrected chi connectivity index (χ1v) is 8.36. The summed E-state index contributed by atoms with van der Waals surface area (Å²) < 4.78 is 18.8. The van der Waals surface area contributed by atoms with Gasteiger partial charge in [-0.1, -0.05) is 23.2 Å². The van der Waals surface area contributed by atoms with E-state index in [1.807, 2.05) is 0 Å². The molecule has 0 saturated carbocycles. The Kier molecular flexibility index (Phi) is 4.85. The van der Waals surface area contributed by atoms with E-state index in [4.69, 9.17) is 27.9 Å². The van der Waals surface area contributed by atoms with Crippen LogP contribution in [0, 0.1) is 5.82 Å². The van der Waals surface area contributed by atoms with Gasteiger partial charge >= 0.3 is 5.97 Å². The van der Waals surface area contributed by atoms with Gasteiger partial charge in [0.2, 0.25) is 0 Å². The molecule has 1 heterocycles. The predicted molar refractivity (Wildman–Crippen MR) is 92.9 cm³/mol. The van der Waals surface area contributed by atoms with Gasteiger partial charge in [-0.15, -0.1) is 11.3 Å². The SMILES string of the molecule is O=C(COC(=O)c1sc2cc(F)ccc2c1Cl)c1ccc(Cl)cc1. The molecule has 3 aromatic rings. The molecule has 0 saturated heterocycles. The highest BCUT2D eigenvalue weighted by Crippen LogP contribution is 2.36. The Labute approximate surface area is 150 Å². The maximum absolute atomic E-state index is 13.2. The first-order valence-electron chi connectivity index (χ1n) is 6.79. The molecule has 1 aromatic heterocycles. The zero-order chi connectivity index (χ0) is 17.3. The van der Waals surface area contributed by atoms with Crippen LogP contribution in [0.25, 0.3) is 10.1 Å². The second-order valence-corrected chi connectivity index (χ2v) is 6.76. The number of halogens is 3. The lowest BCUT2D eigenvalue weighted by molar-refractivity contribution is 0.0480. The Morgan fingerprint density at radius 1 is 1.08 bits per heavy atom. The fourth-order valence-corrected chi connectivity index (χ4v) is 3.64. The molecule has 0 aliphatic carbocycles. The van der Waals surface area contributed by atoms with Crippen LogP contribution in [0.1, 0.15) is 20.0 Å².